The van der Waals surface area contributed by atoms with Crippen LogP contribution in [-0.2, 0) is 5.41 Å². The second-order valence-corrected chi connectivity index (χ2v) is 7.19. The molecule has 1 heterocycles. The maximum Gasteiger partial charge on any atom is 0.123 e. The smallest absolute Gasteiger partial charge is 0.123 e. The van der Waals surface area contributed by atoms with Gasteiger partial charge in [-0.25, -0.2) is 0 Å². The summed E-state index contributed by atoms with van der Waals surface area (Å²) in [6.45, 7) is 12.9. The Kier molecular flexibility index (Phi) is 3.82. The molecule has 0 bridgehead atoms. The lowest BCUT2D eigenvalue weighted by Crippen LogP contribution is -2.10. The average molecular weight is 274 g/mol. The van der Waals surface area contributed by atoms with Gasteiger partial charge in [-0.2, -0.15) is 0 Å². The molecule has 19 heavy (non-hydrogen) atoms. The largest absolute Gasteiger partial charge is 0.464 e. The fourth-order valence-electron chi connectivity index (χ4n) is 1.95. The lowest BCUT2D eigenvalue weighted by Gasteiger charge is -2.17. The molecule has 0 atom stereocenters. The van der Waals surface area contributed by atoms with Gasteiger partial charge < -0.3 is 4.42 Å². The van der Waals surface area contributed by atoms with Crippen LogP contribution < -0.4 is 0 Å². The quantitative estimate of drug-likeness (QED) is 0.701. The Bertz CT molecular complexity index is 571. The van der Waals surface area contributed by atoms with Crippen molar-refractivity contribution in [1.29, 1.82) is 0 Å². The normalized spacial score (nSPS) is 11.9. The summed E-state index contributed by atoms with van der Waals surface area (Å²) >= 11 is 1.80. The van der Waals surface area contributed by atoms with Crippen LogP contribution in [0.4, 0.5) is 0 Å². The Labute approximate surface area is 120 Å². The molecule has 1 nitrogen and oxygen atoms in total. The average Bonchev–Trinajstić information content (AvgIpc) is 2.60. The van der Waals surface area contributed by atoms with E-state index in [0.29, 0.717) is 0 Å². The topological polar surface area (TPSA) is 13.1 Å². The Morgan fingerprint density at radius 1 is 0.947 bits per heavy atom. The summed E-state index contributed by atoms with van der Waals surface area (Å²) in [6, 6.07) is 8.66. The minimum atomic E-state index is 0.0338. The molecule has 0 spiro atoms. The van der Waals surface area contributed by atoms with Crippen molar-refractivity contribution >= 4 is 11.8 Å². The van der Waals surface area contributed by atoms with Gasteiger partial charge in [0, 0.05) is 15.9 Å². The highest BCUT2D eigenvalue weighted by atomic mass is 32.2. The molecule has 1 aromatic heterocycles. The van der Waals surface area contributed by atoms with Gasteiger partial charge in [0.15, 0.2) is 0 Å². The lowest BCUT2D eigenvalue weighted by atomic mass is 9.93. The first-order valence-electron chi connectivity index (χ1n) is 6.64. The third kappa shape index (κ3) is 3.06. The first-order chi connectivity index (χ1) is 8.79. The third-order valence-corrected chi connectivity index (χ3v) is 4.46. The van der Waals surface area contributed by atoms with Crippen LogP contribution in [0.2, 0.25) is 0 Å². The molecule has 0 aliphatic heterocycles. The van der Waals surface area contributed by atoms with Crippen molar-refractivity contribution in [3.63, 3.8) is 0 Å². The molecule has 2 rings (SSSR count). The molecule has 1 aromatic carbocycles. The molecule has 0 saturated heterocycles. The van der Waals surface area contributed by atoms with E-state index in [9.17, 15) is 0 Å². The van der Waals surface area contributed by atoms with E-state index in [1.807, 2.05) is 6.92 Å². The van der Waals surface area contributed by atoms with Gasteiger partial charge >= 0.3 is 0 Å². The molecule has 0 aliphatic carbocycles. The molecular formula is C17H22OS. The zero-order valence-corrected chi connectivity index (χ0v) is 13.4. The van der Waals surface area contributed by atoms with Crippen molar-refractivity contribution in [2.75, 3.05) is 0 Å². The first kappa shape index (κ1) is 14.3. The summed E-state index contributed by atoms with van der Waals surface area (Å²) in [5.41, 5.74) is 2.59. The number of hydrogen-bond donors (Lipinski definition) is 0. The van der Waals surface area contributed by atoms with Crippen molar-refractivity contribution in [2.45, 2.75) is 56.7 Å². The Hall–Kier alpha value is -1.15. The monoisotopic (exact) mass is 274 g/mol. The first-order valence-corrected chi connectivity index (χ1v) is 7.45. The van der Waals surface area contributed by atoms with Crippen molar-refractivity contribution in [2.24, 2.45) is 0 Å². The summed E-state index contributed by atoms with van der Waals surface area (Å²) in [4.78, 5) is 2.54. The van der Waals surface area contributed by atoms with E-state index in [2.05, 4.69) is 58.9 Å². The van der Waals surface area contributed by atoms with Crippen LogP contribution in [0.25, 0.3) is 0 Å². The van der Waals surface area contributed by atoms with Gasteiger partial charge in [0.25, 0.3) is 0 Å². The minimum absolute atomic E-state index is 0.0338. The van der Waals surface area contributed by atoms with Gasteiger partial charge in [-0.1, -0.05) is 50.2 Å². The van der Waals surface area contributed by atoms with Gasteiger partial charge in [-0.3, -0.25) is 0 Å². The lowest BCUT2D eigenvalue weighted by molar-refractivity contribution is 0.386. The molecular weight excluding hydrogens is 252 g/mol. The van der Waals surface area contributed by atoms with E-state index in [0.717, 1.165) is 11.5 Å². The number of aryl methyl sites for hydroxylation is 2. The molecule has 102 valence electrons. The van der Waals surface area contributed by atoms with E-state index < -0.39 is 0 Å². The number of furan rings is 1. The van der Waals surface area contributed by atoms with E-state index in [1.54, 1.807) is 11.8 Å². The molecule has 0 amide bonds. The third-order valence-electron chi connectivity index (χ3n) is 3.25. The second kappa shape index (κ2) is 5.09. The van der Waals surface area contributed by atoms with Crippen molar-refractivity contribution in [1.82, 2.24) is 0 Å². The number of benzene rings is 1. The van der Waals surface area contributed by atoms with E-state index in [-0.39, 0.29) is 5.41 Å². The SMILES string of the molecule is Cc1ccc(Sc2c(C(C)(C)C)oc(C)c2C)cc1. The summed E-state index contributed by atoms with van der Waals surface area (Å²) in [5, 5.41) is 0. The second-order valence-electron chi connectivity index (χ2n) is 6.11. The van der Waals surface area contributed by atoms with Gasteiger partial charge in [0.1, 0.15) is 11.5 Å². The zero-order chi connectivity index (χ0) is 14.2. The van der Waals surface area contributed by atoms with Crippen LogP contribution in [0.15, 0.2) is 38.5 Å². The van der Waals surface area contributed by atoms with E-state index >= 15 is 0 Å². The van der Waals surface area contributed by atoms with Gasteiger partial charge in [0.2, 0.25) is 0 Å². The highest BCUT2D eigenvalue weighted by Gasteiger charge is 2.26. The summed E-state index contributed by atoms with van der Waals surface area (Å²) in [5.74, 6) is 2.12. The predicted molar refractivity (Wildman–Crippen MR) is 82.2 cm³/mol. The molecule has 0 radical (unpaired) electrons. The van der Waals surface area contributed by atoms with Crippen LogP contribution in [0, 0.1) is 20.8 Å². The predicted octanol–water partition coefficient (Wildman–Crippen LogP) is 5.65. The van der Waals surface area contributed by atoms with E-state index in [4.69, 9.17) is 4.42 Å². The molecule has 2 aromatic rings. The van der Waals surface area contributed by atoms with Crippen LogP contribution in [0.1, 0.15) is 43.4 Å². The van der Waals surface area contributed by atoms with Gasteiger partial charge in [-0.05, 0) is 32.9 Å². The fraction of sp³-hybridized carbons (Fsp3) is 0.412. The molecule has 0 fully saturated rings. The standard InChI is InChI=1S/C17H22OS/c1-11-7-9-14(10-8-11)19-15-12(2)13(3)18-16(15)17(4,5)6/h7-10H,1-6H3. The molecule has 0 N–H and O–H groups in total. The summed E-state index contributed by atoms with van der Waals surface area (Å²) < 4.78 is 5.98. The van der Waals surface area contributed by atoms with E-state index in [1.165, 1.54) is 20.9 Å². The van der Waals surface area contributed by atoms with Crippen LogP contribution in [0.5, 0.6) is 0 Å². The minimum Gasteiger partial charge on any atom is -0.464 e. The molecule has 0 unspecified atom stereocenters. The zero-order valence-electron chi connectivity index (χ0n) is 12.6. The molecule has 2 heteroatoms. The van der Waals surface area contributed by atoms with Crippen LogP contribution in [0.3, 0.4) is 0 Å². The highest BCUT2D eigenvalue weighted by Crippen LogP contribution is 2.41. The Balaban J connectivity index is 2.42. The molecule has 0 saturated carbocycles. The fourth-order valence-corrected chi connectivity index (χ4v) is 3.19. The van der Waals surface area contributed by atoms with Crippen molar-refractivity contribution < 1.29 is 4.42 Å². The molecule has 0 aliphatic rings. The Morgan fingerprint density at radius 2 is 1.53 bits per heavy atom. The number of rotatable bonds is 2. The summed E-state index contributed by atoms with van der Waals surface area (Å²) in [6.07, 6.45) is 0. The van der Waals surface area contributed by atoms with Crippen LogP contribution >= 0.6 is 11.8 Å². The van der Waals surface area contributed by atoms with Crippen molar-refractivity contribution in [3.05, 3.63) is 46.9 Å². The maximum atomic E-state index is 5.98. The highest BCUT2D eigenvalue weighted by molar-refractivity contribution is 7.99. The van der Waals surface area contributed by atoms with Gasteiger partial charge in [-0.15, -0.1) is 0 Å². The maximum absolute atomic E-state index is 5.98. The van der Waals surface area contributed by atoms with Gasteiger partial charge in [0.05, 0.1) is 4.90 Å². The Morgan fingerprint density at radius 3 is 2.05 bits per heavy atom. The number of hydrogen-bond acceptors (Lipinski definition) is 2. The summed E-state index contributed by atoms with van der Waals surface area (Å²) in [7, 11) is 0. The van der Waals surface area contributed by atoms with Crippen molar-refractivity contribution in [3.8, 4) is 0 Å². The van der Waals surface area contributed by atoms with Crippen LogP contribution in [-0.4, -0.2) is 0 Å².